The fourth-order valence-electron chi connectivity index (χ4n) is 2.43. The Balaban J connectivity index is 2.05. The van der Waals surface area contributed by atoms with Crippen molar-refractivity contribution in [2.24, 2.45) is 0 Å². The van der Waals surface area contributed by atoms with Crippen LogP contribution in [0.4, 0.5) is 11.4 Å². The molecule has 2 heterocycles. The SMILES string of the molecule is CCN(Cc1ccco1)c1ccc(N)c2cnccc12. The Hall–Kier alpha value is -2.49. The van der Waals surface area contributed by atoms with Crippen molar-refractivity contribution in [3.8, 4) is 0 Å². The van der Waals surface area contributed by atoms with Gasteiger partial charge in [-0.1, -0.05) is 0 Å². The summed E-state index contributed by atoms with van der Waals surface area (Å²) in [6.45, 7) is 3.76. The van der Waals surface area contributed by atoms with Crippen molar-refractivity contribution in [3.63, 3.8) is 0 Å². The third-order valence-corrected chi connectivity index (χ3v) is 3.48. The largest absolute Gasteiger partial charge is 0.467 e. The summed E-state index contributed by atoms with van der Waals surface area (Å²) in [5, 5.41) is 2.11. The summed E-state index contributed by atoms with van der Waals surface area (Å²) in [5.74, 6) is 0.950. The molecular formula is C16H17N3O. The van der Waals surface area contributed by atoms with E-state index in [0.717, 1.165) is 41.0 Å². The molecule has 2 N–H and O–H groups in total. The Morgan fingerprint density at radius 3 is 2.85 bits per heavy atom. The second-order valence-electron chi connectivity index (χ2n) is 4.69. The molecular weight excluding hydrogens is 250 g/mol. The number of nitrogens with two attached hydrogens (primary N) is 1. The zero-order chi connectivity index (χ0) is 13.9. The molecule has 20 heavy (non-hydrogen) atoms. The number of aromatic nitrogens is 1. The van der Waals surface area contributed by atoms with E-state index in [-0.39, 0.29) is 0 Å². The predicted octanol–water partition coefficient (Wildman–Crippen LogP) is 3.44. The lowest BCUT2D eigenvalue weighted by Gasteiger charge is -2.24. The van der Waals surface area contributed by atoms with Gasteiger partial charge in [-0.15, -0.1) is 0 Å². The van der Waals surface area contributed by atoms with Gasteiger partial charge in [-0.2, -0.15) is 0 Å². The van der Waals surface area contributed by atoms with E-state index in [1.807, 2.05) is 30.5 Å². The van der Waals surface area contributed by atoms with Crippen molar-refractivity contribution in [1.29, 1.82) is 0 Å². The lowest BCUT2D eigenvalue weighted by atomic mass is 10.1. The zero-order valence-electron chi connectivity index (χ0n) is 11.4. The van der Waals surface area contributed by atoms with Crippen LogP contribution in [0.2, 0.25) is 0 Å². The third kappa shape index (κ3) is 2.20. The lowest BCUT2D eigenvalue weighted by molar-refractivity contribution is 0.504. The molecule has 0 saturated carbocycles. The number of benzene rings is 1. The number of rotatable bonds is 4. The van der Waals surface area contributed by atoms with Crippen molar-refractivity contribution >= 4 is 22.1 Å². The maximum Gasteiger partial charge on any atom is 0.123 e. The molecule has 4 heteroatoms. The number of fused-ring (bicyclic) bond motifs is 1. The van der Waals surface area contributed by atoms with Crippen LogP contribution >= 0.6 is 0 Å². The van der Waals surface area contributed by atoms with Gasteiger partial charge in [0.1, 0.15) is 5.76 Å². The summed E-state index contributed by atoms with van der Waals surface area (Å²) in [7, 11) is 0. The van der Waals surface area contributed by atoms with E-state index in [2.05, 4.69) is 22.9 Å². The summed E-state index contributed by atoms with van der Waals surface area (Å²) < 4.78 is 5.44. The van der Waals surface area contributed by atoms with Crippen LogP contribution in [0.15, 0.2) is 53.4 Å². The maximum absolute atomic E-state index is 6.03. The highest BCUT2D eigenvalue weighted by atomic mass is 16.3. The minimum absolute atomic E-state index is 0.741. The van der Waals surface area contributed by atoms with Gasteiger partial charge < -0.3 is 15.1 Å². The van der Waals surface area contributed by atoms with Crippen LogP contribution in [0.3, 0.4) is 0 Å². The average molecular weight is 267 g/mol. The molecule has 0 fully saturated rings. The van der Waals surface area contributed by atoms with E-state index >= 15 is 0 Å². The van der Waals surface area contributed by atoms with Crippen LogP contribution in [0.25, 0.3) is 10.8 Å². The molecule has 0 amide bonds. The van der Waals surface area contributed by atoms with Gasteiger partial charge in [0.05, 0.1) is 12.8 Å². The Bertz CT molecular complexity index is 707. The summed E-state index contributed by atoms with van der Waals surface area (Å²) >= 11 is 0. The normalized spacial score (nSPS) is 10.8. The number of anilines is 2. The summed E-state index contributed by atoms with van der Waals surface area (Å²) in [6, 6.07) is 9.90. The van der Waals surface area contributed by atoms with Gasteiger partial charge in [-0.3, -0.25) is 4.98 Å². The fourth-order valence-corrected chi connectivity index (χ4v) is 2.43. The Morgan fingerprint density at radius 2 is 2.10 bits per heavy atom. The fraction of sp³-hybridized carbons (Fsp3) is 0.188. The zero-order valence-corrected chi connectivity index (χ0v) is 11.4. The number of nitrogens with zero attached hydrogens (tertiary/aromatic N) is 2. The molecule has 0 atom stereocenters. The standard InChI is InChI=1S/C16H17N3O/c1-2-19(11-12-4-3-9-20-12)16-6-5-15(17)14-10-18-8-7-13(14)16/h3-10H,2,11,17H2,1H3. The van der Waals surface area contributed by atoms with Crippen LogP contribution in [-0.2, 0) is 6.54 Å². The highest BCUT2D eigenvalue weighted by Crippen LogP contribution is 2.31. The van der Waals surface area contributed by atoms with Crippen molar-refractivity contribution in [2.45, 2.75) is 13.5 Å². The van der Waals surface area contributed by atoms with Crippen LogP contribution in [-0.4, -0.2) is 11.5 Å². The van der Waals surface area contributed by atoms with Gasteiger partial charge in [0.15, 0.2) is 0 Å². The maximum atomic E-state index is 6.03. The highest BCUT2D eigenvalue weighted by Gasteiger charge is 2.11. The molecule has 0 radical (unpaired) electrons. The van der Waals surface area contributed by atoms with Crippen LogP contribution in [0.5, 0.6) is 0 Å². The van der Waals surface area contributed by atoms with Gasteiger partial charge in [0.2, 0.25) is 0 Å². The number of furan rings is 1. The molecule has 0 spiro atoms. The number of hydrogen-bond donors (Lipinski definition) is 1. The second kappa shape index (κ2) is 5.25. The van der Waals surface area contributed by atoms with E-state index in [4.69, 9.17) is 10.2 Å². The molecule has 4 nitrogen and oxygen atoms in total. The van der Waals surface area contributed by atoms with E-state index in [1.54, 1.807) is 12.5 Å². The molecule has 0 bridgehead atoms. The Kier molecular flexibility index (Phi) is 3.29. The molecule has 3 rings (SSSR count). The third-order valence-electron chi connectivity index (χ3n) is 3.48. The van der Waals surface area contributed by atoms with Gasteiger partial charge in [-0.05, 0) is 37.3 Å². The average Bonchev–Trinajstić information content (AvgIpc) is 2.99. The van der Waals surface area contributed by atoms with Gasteiger partial charge in [0.25, 0.3) is 0 Å². The van der Waals surface area contributed by atoms with Crippen molar-refractivity contribution in [1.82, 2.24) is 4.98 Å². The molecule has 0 aliphatic heterocycles. The van der Waals surface area contributed by atoms with Crippen LogP contribution in [0, 0.1) is 0 Å². The topological polar surface area (TPSA) is 55.3 Å². The van der Waals surface area contributed by atoms with Crippen molar-refractivity contribution in [2.75, 3.05) is 17.2 Å². The van der Waals surface area contributed by atoms with E-state index < -0.39 is 0 Å². The van der Waals surface area contributed by atoms with E-state index in [0.29, 0.717) is 0 Å². The minimum Gasteiger partial charge on any atom is -0.467 e. The minimum atomic E-state index is 0.741. The van der Waals surface area contributed by atoms with Gasteiger partial charge in [-0.25, -0.2) is 0 Å². The Labute approximate surface area is 117 Å². The first-order valence-electron chi connectivity index (χ1n) is 6.69. The van der Waals surface area contributed by atoms with Crippen LogP contribution < -0.4 is 10.6 Å². The van der Waals surface area contributed by atoms with E-state index in [1.165, 1.54) is 0 Å². The van der Waals surface area contributed by atoms with E-state index in [9.17, 15) is 0 Å². The summed E-state index contributed by atoms with van der Waals surface area (Å²) in [5.41, 5.74) is 7.93. The molecule has 3 aromatic rings. The second-order valence-corrected chi connectivity index (χ2v) is 4.69. The summed E-state index contributed by atoms with van der Waals surface area (Å²) in [4.78, 5) is 6.42. The number of pyridine rings is 1. The lowest BCUT2D eigenvalue weighted by Crippen LogP contribution is -2.22. The quantitative estimate of drug-likeness (QED) is 0.736. The molecule has 0 saturated heterocycles. The van der Waals surface area contributed by atoms with Crippen molar-refractivity contribution < 1.29 is 4.42 Å². The highest BCUT2D eigenvalue weighted by molar-refractivity contribution is 6.00. The Morgan fingerprint density at radius 1 is 1.20 bits per heavy atom. The molecule has 0 unspecified atom stereocenters. The van der Waals surface area contributed by atoms with Gasteiger partial charge in [0, 0.05) is 41.1 Å². The molecule has 1 aromatic carbocycles. The molecule has 0 aliphatic carbocycles. The summed E-state index contributed by atoms with van der Waals surface area (Å²) in [6.07, 6.45) is 5.31. The monoisotopic (exact) mass is 267 g/mol. The first kappa shape index (κ1) is 12.5. The smallest absolute Gasteiger partial charge is 0.123 e. The van der Waals surface area contributed by atoms with Crippen LogP contribution in [0.1, 0.15) is 12.7 Å². The molecule has 0 aliphatic rings. The van der Waals surface area contributed by atoms with Gasteiger partial charge >= 0.3 is 0 Å². The molecule has 2 aromatic heterocycles. The number of nitrogen functional groups attached to an aromatic ring is 1. The first-order chi connectivity index (χ1) is 9.79. The first-order valence-corrected chi connectivity index (χ1v) is 6.69. The predicted molar refractivity (Wildman–Crippen MR) is 81.6 cm³/mol. The number of hydrogen-bond acceptors (Lipinski definition) is 4. The molecule has 102 valence electrons. The van der Waals surface area contributed by atoms with Crippen molar-refractivity contribution in [3.05, 3.63) is 54.7 Å².